The second-order valence-electron chi connectivity index (χ2n) is 5.74. The third-order valence-electron chi connectivity index (χ3n) is 3.95. The zero-order chi connectivity index (χ0) is 17.5. The van der Waals surface area contributed by atoms with Crippen LogP contribution < -0.4 is 10.6 Å². The van der Waals surface area contributed by atoms with Gasteiger partial charge in [-0.25, -0.2) is 4.98 Å². The summed E-state index contributed by atoms with van der Waals surface area (Å²) in [6.07, 6.45) is 8.89. The first-order valence-corrected chi connectivity index (χ1v) is 8.32. The average molecular weight is 472 g/mol. The van der Waals surface area contributed by atoms with Gasteiger partial charge in [0.05, 0.1) is 25.5 Å². The van der Waals surface area contributed by atoms with Crippen LogP contribution in [0.3, 0.4) is 0 Å². The lowest BCUT2D eigenvalue weighted by molar-refractivity contribution is -0.00799. The minimum atomic E-state index is 0. The normalized spacial score (nSPS) is 17.5. The monoisotopic (exact) mass is 472 g/mol. The maximum absolute atomic E-state index is 5.88. The quantitative estimate of drug-likeness (QED) is 0.289. The summed E-state index contributed by atoms with van der Waals surface area (Å²) >= 11 is 0. The molecular formula is C16H25IN8O. The Bertz CT molecular complexity index is 693. The Morgan fingerprint density at radius 3 is 2.92 bits per heavy atom. The Labute approximate surface area is 170 Å². The molecule has 1 aliphatic heterocycles. The van der Waals surface area contributed by atoms with Crippen LogP contribution in [0.1, 0.15) is 11.7 Å². The summed E-state index contributed by atoms with van der Waals surface area (Å²) in [6, 6.07) is 0. The predicted molar refractivity (Wildman–Crippen MR) is 111 cm³/mol. The number of nitrogens with one attached hydrogen (secondary N) is 2. The maximum atomic E-state index is 5.88. The predicted octanol–water partition coefficient (Wildman–Crippen LogP) is 0.889. The van der Waals surface area contributed by atoms with Gasteiger partial charge in [0.1, 0.15) is 11.9 Å². The number of guanidine groups is 1. The maximum Gasteiger partial charge on any atom is 0.193 e. The van der Waals surface area contributed by atoms with E-state index < -0.39 is 0 Å². The zero-order valence-electron chi connectivity index (χ0n) is 15.0. The Morgan fingerprint density at radius 2 is 2.23 bits per heavy atom. The molecule has 26 heavy (non-hydrogen) atoms. The molecule has 1 aliphatic rings. The third kappa shape index (κ3) is 5.53. The number of rotatable bonds is 5. The number of hydrogen-bond acceptors (Lipinski definition) is 6. The second-order valence-corrected chi connectivity index (χ2v) is 5.74. The van der Waals surface area contributed by atoms with Crippen LogP contribution in [0.2, 0.25) is 0 Å². The van der Waals surface area contributed by atoms with Crippen molar-refractivity contribution >= 4 is 35.8 Å². The van der Waals surface area contributed by atoms with Gasteiger partial charge in [-0.2, -0.15) is 5.10 Å². The van der Waals surface area contributed by atoms with Crippen LogP contribution in [-0.2, 0) is 11.8 Å². The minimum absolute atomic E-state index is 0. The first kappa shape index (κ1) is 20.4. The fraction of sp³-hybridized carbons (Fsp3) is 0.500. The number of ether oxygens (including phenoxy) is 1. The smallest absolute Gasteiger partial charge is 0.193 e. The van der Waals surface area contributed by atoms with Crippen LogP contribution in [0.5, 0.6) is 0 Å². The number of nitrogens with zero attached hydrogens (tertiary/aromatic N) is 6. The van der Waals surface area contributed by atoms with Crippen LogP contribution in [0.25, 0.3) is 0 Å². The SMILES string of the molecule is CN=C(NCCNc1cnccn1)N1CCOC(c2cnn(C)c2)C1.I. The van der Waals surface area contributed by atoms with Crippen molar-refractivity contribution in [2.24, 2.45) is 12.0 Å². The molecule has 3 heterocycles. The molecule has 0 radical (unpaired) electrons. The molecule has 2 aromatic heterocycles. The number of halogens is 1. The Morgan fingerprint density at radius 1 is 1.35 bits per heavy atom. The van der Waals surface area contributed by atoms with Crippen LogP contribution in [0.15, 0.2) is 36.0 Å². The van der Waals surface area contributed by atoms with Crippen molar-refractivity contribution in [1.82, 2.24) is 30.0 Å². The average Bonchev–Trinajstić information content (AvgIpc) is 3.09. The number of hydrogen-bond donors (Lipinski definition) is 2. The van der Waals surface area contributed by atoms with Gasteiger partial charge in [-0.1, -0.05) is 0 Å². The lowest BCUT2D eigenvalue weighted by atomic mass is 10.1. The molecule has 10 heteroatoms. The summed E-state index contributed by atoms with van der Waals surface area (Å²) in [5, 5.41) is 10.8. The molecular weight excluding hydrogens is 447 g/mol. The summed E-state index contributed by atoms with van der Waals surface area (Å²) in [7, 11) is 3.71. The Kier molecular flexibility index (Phi) is 8.04. The first-order chi connectivity index (χ1) is 12.3. The van der Waals surface area contributed by atoms with Crippen molar-refractivity contribution in [3.63, 3.8) is 0 Å². The summed E-state index contributed by atoms with van der Waals surface area (Å²) in [4.78, 5) is 14.8. The van der Waals surface area contributed by atoms with E-state index in [0.29, 0.717) is 6.61 Å². The summed E-state index contributed by atoms with van der Waals surface area (Å²) < 4.78 is 7.67. The Balaban J connectivity index is 0.00000243. The molecule has 0 aromatic carbocycles. The molecule has 0 bridgehead atoms. The molecule has 2 aromatic rings. The molecule has 0 amide bonds. The zero-order valence-corrected chi connectivity index (χ0v) is 17.3. The van der Waals surface area contributed by atoms with Crippen LogP contribution in [-0.4, -0.2) is 70.4 Å². The molecule has 0 aliphatic carbocycles. The van der Waals surface area contributed by atoms with Gasteiger partial charge in [-0.15, -0.1) is 24.0 Å². The Hall–Kier alpha value is -1.95. The van der Waals surface area contributed by atoms with E-state index >= 15 is 0 Å². The van der Waals surface area contributed by atoms with Crippen molar-refractivity contribution in [1.29, 1.82) is 0 Å². The van der Waals surface area contributed by atoms with E-state index in [4.69, 9.17) is 4.74 Å². The summed E-state index contributed by atoms with van der Waals surface area (Å²) in [5.41, 5.74) is 1.09. The molecule has 1 fully saturated rings. The fourth-order valence-electron chi connectivity index (χ4n) is 2.74. The highest BCUT2D eigenvalue weighted by molar-refractivity contribution is 14.0. The van der Waals surface area contributed by atoms with Crippen molar-refractivity contribution < 1.29 is 4.74 Å². The van der Waals surface area contributed by atoms with Crippen molar-refractivity contribution in [3.05, 3.63) is 36.5 Å². The van der Waals surface area contributed by atoms with Gasteiger partial charge in [0.15, 0.2) is 5.96 Å². The molecule has 1 atom stereocenters. The van der Waals surface area contributed by atoms with E-state index in [1.807, 2.05) is 19.4 Å². The fourth-order valence-corrected chi connectivity index (χ4v) is 2.74. The molecule has 1 saturated heterocycles. The molecule has 0 spiro atoms. The summed E-state index contributed by atoms with van der Waals surface area (Å²) in [6.45, 7) is 3.70. The number of aliphatic imine (C=N–C) groups is 1. The van der Waals surface area contributed by atoms with E-state index in [-0.39, 0.29) is 30.1 Å². The number of anilines is 1. The van der Waals surface area contributed by atoms with Crippen LogP contribution in [0, 0.1) is 0 Å². The van der Waals surface area contributed by atoms with E-state index in [1.54, 1.807) is 30.3 Å². The van der Waals surface area contributed by atoms with Gasteiger partial charge in [0, 0.05) is 57.9 Å². The van der Waals surface area contributed by atoms with E-state index in [0.717, 1.165) is 43.5 Å². The van der Waals surface area contributed by atoms with Gasteiger partial charge >= 0.3 is 0 Å². The molecule has 2 N–H and O–H groups in total. The van der Waals surface area contributed by atoms with Crippen LogP contribution in [0.4, 0.5) is 5.82 Å². The standard InChI is InChI=1S/C16H24N8O.HI/c1-17-16(21-6-5-20-15-10-18-3-4-19-15)24-7-8-25-14(12-24)13-9-22-23(2)11-13;/h3-4,9-11,14H,5-8,12H2,1-2H3,(H,17,21)(H,19,20);1H. The van der Waals surface area contributed by atoms with E-state index in [9.17, 15) is 0 Å². The van der Waals surface area contributed by atoms with Crippen molar-refractivity contribution in [2.45, 2.75) is 6.10 Å². The topological polar surface area (TPSA) is 92.5 Å². The lowest BCUT2D eigenvalue weighted by Gasteiger charge is -2.34. The molecule has 9 nitrogen and oxygen atoms in total. The minimum Gasteiger partial charge on any atom is -0.370 e. The van der Waals surface area contributed by atoms with Gasteiger partial charge < -0.3 is 20.3 Å². The lowest BCUT2D eigenvalue weighted by Crippen LogP contribution is -2.49. The number of morpholine rings is 1. The summed E-state index contributed by atoms with van der Waals surface area (Å²) in [5.74, 6) is 1.64. The number of aromatic nitrogens is 4. The highest BCUT2D eigenvalue weighted by atomic mass is 127. The van der Waals surface area contributed by atoms with Gasteiger partial charge in [0.2, 0.25) is 0 Å². The number of aryl methyl sites for hydroxylation is 1. The van der Waals surface area contributed by atoms with Gasteiger partial charge in [-0.3, -0.25) is 14.7 Å². The highest BCUT2D eigenvalue weighted by Crippen LogP contribution is 2.21. The largest absolute Gasteiger partial charge is 0.370 e. The highest BCUT2D eigenvalue weighted by Gasteiger charge is 2.24. The second kappa shape index (κ2) is 10.3. The molecule has 142 valence electrons. The molecule has 3 rings (SSSR count). The van der Waals surface area contributed by atoms with E-state index in [1.165, 1.54) is 0 Å². The van der Waals surface area contributed by atoms with Gasteiger partial charge in [-0.05, 0) is 0 Å². The molecule has 1 unspecified atom stereocenters. The van der Waals surface area contributed by atoms with Crippen molar-refractivity contribution in [3.8, 4) is 0 Å². The molecule has 0 saturated carbocycles. The van der Waals surface area contributed by atoms with Crippen LogP contribution >= 0.6 is 24.0 Å². The van der Waals surface area contributed by atoms with Crippen molar-refractivity contribution in [2.75, 3.05) is 45.2 Å². The van der Waals surface area contributed by atoms with Gasteiger partial charge in [0.25, 0.3) is 0 Å². The third-order valence-corrected chi connectivity index (χ3v) is 3.95. The van der Waals surface area contributed by atoms with E-state index in [2.05, 4.69) is 35.6 Å². The first-order valence-electron chi connectivity index (χ1n) is 8.32.